The van der Waals surface area contributed by atoms with E-state index in [9.17, 15) is 35.9 Å². The van der Waals surface area contributed by atoms with Gasteiger partial charge >= 0.3 is 5.97 Å². The molecule has 12 heteroatoms. The van der Waals surface area contributed by atoms with E-state index >= 15 is 0 Å². The van der Waals surface area contributed by atoms with Crippen molar-refractivity contribution < 1.29 is 50.1 Å². The number of rotatable bonds is 5. The highest BCUT2D eigenvalue weighted by atomic mass is 35.5. The van der Waals surface area contributed by atoms with Crippen molar-refractivity contribution in [2.45, 2.75) is 6.92 Å². The summed E-state index contributed by atoms with van der Waals surface area (Å²) in [5.74, 6) is -16.0. The quantitative estimate of drug-likeness (QED) is 0.100. The summed E-state index contributed by atoms with van der Waals surface area (Å²) in [6.45, 7) is 0.199. The van der Waals surface area contributed by atoms with Gasteiger partial charge in [0, 0.05) is 11.1 Å². The molecule has 0 radical (unpaired) electrons. The molecule has 4 rings (SSSR count). The first-order chi connectivity index (χ1) is 17.0. The van der Waals surface area contributed by atoms with Gasteiger partial charge in [0.1, 0.15) is 17.3 Å². The highest BCUT2D eigenvalue weighted by molar-refractivity contribution is 6.32. The van der Waals surface area contributed by atoms with Gasteiger partial charge in [-0.15, -0.1) is 0 Å². The fourth-order valence-corrected chi connectivity index (χ4v) is 3.47. The van der Waals surface area contributed by atoms with E-state index in [1.807, 2.05) is 0 Å². The van der Waals surface area contributed by atoms with Crippen molar-refractivity contribution in [3.8, 4) is 17.2 Å². The molecule has 0 unspecified atom stereocenters. The number of halogens is 7. The minimum Gasteiger partial charge on any atom is -0.476 e. The lowest BCUT2D eigenvalue weighted by atomic mass is 10.1. The molecule has 0 atom stereocenters. The maximum atomic E-state index is 14.1. The number of hydrogen-bond acceptors (Lipinski definition) is 5. The lowest BCUT2D eigenvalue weighted by Gasteiger charge is -2.12. The predicted octanol–water partition coefficient (Wildman–Crippen LogP) is 6.08. The summed E-state index contributed by atoms with van der Waals surface area (Å²) < 4.78 is 96.1. The molecular formula is C24H11ClF6O5. The van der Waals surface area contributed by atoms with Crippen LogP contribution in [0.25, 0.3) is 6.08 Å². The Labute approximate surface area is 203 Å². The minimum absolute atomic E-state index is 0.00954. The van der Waals surface area contributed by atoms with E-state index in [4.69, 9.17) is 21.1 Å². The van der Waals surface area contributed by atoms with Crippen molar-refractivity contribution in [3.63, 3.8) is 0 Å². The van der Waals surface area contributed by atoms with Crippen molar-refractivity contribution >= 4 is 29.4 Å². The van der Waals surface area contributed by atoms with Crippen LogP contribution < -0.4 is 14.2 Å². The molecule has 0 fully saturated rings. The first-order valence-electron chi connectivity index (χ1n) is 9.88. The molecule has 1 heterocycles. The number of Topliss-reactive ketones (excluding diaryl/α,β-unsaturated/α-hetero) is 1. The summed E-state index contributed by atoms with van der Waals surface area (Å²) in [6, 6.07) is 6.40. The number of carbonyl (C=O) groups is 2. The molecule has 0 aliphatic carbocycles. The maximum Gasteiger partial charge on any atom is 0.349 e. The zero-order valence-corrected chi connectivity index (χ0v) is 18.6. The topological polar surface area (TPSA) is 61.8 Å². The van der Waals surface area contributed by atoms with Gasteiger partial charge < -0.3 is 14.2 Å². The van der Waals surface area contributed by atoms with E-state index in [-0.39, 0.29) is 39.0 Å². The number of carbonyl (C=O) groups excluding carboxylic acids is 2. The van der Waals surface area contributed by atoms with Crippen LogP contribution in [0.1, 0.15) is 21.5 Å². The molecule has 0 N–H and O–H groups in total. The lowest BCUT2D eigenvalue weighted by Crippen LogP contribution is -2.20. The summed E-state index contributed by atoms with van der Waals surface area (Å²) in [7, 11) is 0. The summed E-state index contributed by atoms with van der Waals surface area (Å²) >= 11 is 5.97. The van der Waals surface area contributed by atoms with Gasteiger partial charge in [0.15, 0.2) is 18.1 Å². The Balaban J connectivity index is 1.53. The summed E-state index contributed by atoms with van der Waals surface area (Å²) in [5.41, 5.74) is 0.141. The Kier molecular flexibility index (Phi) is 6.68. The number of ketones is 1. The van der Waals surface area contributed by atoms with Crippen LogP contribution in [-0.4, -0.2) is 18.4 Å². The number of allylic oxidation sites excluding steroid dienone is 1. The van der Waals surface area contributed by atoms with Crippen LogP contribution in [0, 0.1) is 41.8 Å². The molecule has 0 aromatic heterocycles. The summed E-state index contributed by atoms with van der Waals surface area (Å²) in [4.78, 5) is 24.8. The molecule has 36 heavy (non-hydrogen) atoms. The van der Waals surface area contributed by atoms with Gasteiger partial charge in [-0.3, -0.25) is 4.79 Å². The van der Waals surface area contributed by atoms with Crippen molar-refractivity contribution in [1.82, 2.24) is 0 Å². The van der Waals surface area contributed by atoms with Crippen LogP contribution in [-0.2, 0) is 4.79 Å². The highest BCUT2D eigenvalue weighted by Crippen LogP contribution is 2.40. The second-order valence-corrected chi connectivity index (χ2v) is 7.71. The third-order valence-corrected chi connectivity index (χ3v) is 5.37. The molecule has 186 valence electrons. The average Bonchev–Trinajstić information content (AvgIpc) is 3.16. The molecule has 5 nitrogen and oxygen atoms in total. The maximum absolute atomic E-state index is 14.1. The van der Waals surface area contributed by atoms with E-state index in [0.717, 1.165) is 12.1 Å². The molecule has 0 spiro atoms. The molecule has 3 aromatic carbocycles. The second kappa shape index (κ2) is 9.57. The van der Waals surface area contributed by atoms with Gasteiger partial charge in [0.25, 0.3) is 0 Å². The van der Waals surface area contributed by atoms with Gasteiger partial charge in [-0.05, 0) is 37.3 Å². The molecule has 0 amide bonds. The Hall–Kier alpha value is -3.99. The van der Waals surface area contributed by atoms with Gasteiger partial charge in [-0.1, -0.05) is 17.7 Å². The van der Waals surface area contributed by atoms with Crippen LogP contribution in [0.5, 0.6) is 17.2 Å². The van der Waals surface area contributed by atoms with E-state index in [0.29, 0.717) is 0 Å². The number of esters is 1. The molecule has 3 aromatic rings. The van der Waals surface area contributed by atoms with Crippen molar-refractivity contribution in [1.29, 1.82) is 0 Å². The Morgan fingerprint density at radius 2 is 1.61 bits per heavy atom. The summed E-state index contributed by atoms with van der Waals surface area (Å²) in [5, 5.41) is 0.0370. The molecule has 0 saturated carbocycles. The van der Waals surface area contributed by atoms with Crippen LogP contribution in [0.4, 0.5) is 26.3 Å². The molecule has 0 bridgehead atoms. The van der Waals surface area contributed by atoms with Gasteiger partial charge in [0.05, 0.1) is 10.6 Å². The molecule has 1 aliphatic rings. The van der Waals surface area contributed by atoms with Gasteiger partial charge in [0.2, 0.25) is 34.9 Å². The zero-order chi connectivity index (χ0) is 26.3. The van der Waals surface area contributed by atoms with E-state index in [2.05, 4.69) is 4.74 Å². The Morgan fingerprint density at radius 1 is 0.972 bits per heavy atom. The smallest absolute Gasteiger partial charge is 0.349 e. The van der Waals surface area contributed by atoms with Crippen LogP contribution >= 0.6 is 11.6 Å². The number of ether oxygens (including phenoxy) is 3. The lowest BCUT2D eigenvalue weighted by molar-refractivity contribution is -0.136. The SMILES string of the molecule is Cc1c(OC(=O)COc2c(F)c(F)c(F)c(F)c2F)ccc2c1O/C(=C\c1c(F)cccc1Cl)C2=O. The Bertz CT molecular complexity index is 1420. The van der Waals surface area contributed by atoms with Crippen LogP contribution in [0.3, 0.4) is 0 Å². The van der Waals surface area contributed by atoms with Crippen LogP contribution in [0.15, 0.2) is 36.1 Å². The fourth-order valence-electron chi connectivity index (χ4n) is 3.25. The predicted molar refractivity (Wildman–Crippen MR) is 113 cm³/mol. The first-order valence-corrected chi connectivity index (χ1v) is 10.3. The van der Waals surface area contributed by atoms with E-state index in [1.54, 1.807) is 0 Å². The van der Waals surface area contributed by atoms with E-state index in [1.165, 1.54) is 31.2 Å². The fraction of sp³-hybridized carbons (Fsp3) is 0.0833. The number of benzene rings is 3. The summed E-state index contributed by atoms with van der Waals surface area (Å²) in [6.07, 6.45) is 1.11. The second-order valence-electron chi connectivity index (χ2n) is 7.30. The van der Waals surface area contributed by atoms with Crippen LogP contribution in [0.2, 0.25) is 5.02 Å². The van der Waals surface area contributed by atoms with Crippen molar-refractivity contribution in [3.05, 3.63) is 92.7 Å². The third-order valence-electron chi connectivity index (χ3n) is 5.04. The highest BCUT2D eigenvalue weighted by Gasteiger charge is 2.32. The first kappa shape index (κ1) is 25.1. The largest absolute Gasteiger partial charge is 0.476 e. The Morgan fingerprint density at radius 3 is 2.25 bits per heavy atom. The standard InChI is InChI=1S/C24H11ClF6O5/c1-9-14(35-16(32)8-34-24-20(30)18(28)17(27)19(29)21(24)31)6-5-10-22(33)15(36-23(9)10)7-11-12(25)3-2-4-13(11)26/h2-7H,8H2,1H3/b15-7-. The van der Waals surface area contributed by atoms with E-state index < -0.39 is 59.0 Å². The number of fused-ring (bicyclic) bond motifs is 1. The normalized spacial score (nSPS) is 13.6. The number of hydrogen-bond donors (Lipinski definition) is 0. The zero-order valence-electron chi connectivity index (χ0n) is 17.9. The minimum atomic E-state index is -2.38. The average molecular weight is 529 g/mol. The van der Waals surface area contributed by atoms with Gasteiger partial charge in [-0.2, -0.15) is 8.78 Å². The monoisotopic (exact) mass is 528 g/mol. The van der Waals surface area contributed by atoms with Crippen molar-refractivity contribution in [2.24, 2.45) is 0 Å². The molecule has 0 saturated heterocycles. The van der Waals surface area contributed by atoms with Crippen molar-refractivity contribution in [2.75, 3.05) is 6.61 Å². The molecular weight excluding hydrogens is 518 g/mol. The molecule has 1 aliphatic heterocycles. The third kappa shape index (κ3) is 4.37. The van der Waals surface area contributed by atoms with Gasteiger partial charge in [-0.25, -0.2) is 22.4 Å².